The van der Waals surface area contributed by atoms with Crippen LogP contribution in [0.2, 0.25) is 0 Å². The van der Waals surface area contributed by atoms with E-state index in [0.29, 0.717) is 0 Å². The largest absolute Gasteiger partial charge is 0.387 e. The maximum atomic E-state index is 11.7. The Morgan fingerprint density at radius 2 is 1.82 bits per heavy atom. The van der Waals surface area contributed by atoms with Crippen LogP contribution in [0.1, 0.15) is 6.42 Å². The SMILES string of the molecule is OC1O[C@H](CCF)[C@H](O)[C@H]1O. The lowest BCUT2D eigenvalue weighted by atomic mass is 10.1. The molecular formula is C6H11FO4. The fourth-order valence-corrected chi connectivity index (χ4v) is 1.08. The number of aliphatic hydroxyl groups excluding tert-OH is 3. The van der Waals surface area contributed by atoms with E-state index in [9.17, 15) is 4.39 Å². The van der Waals surface area contributed by atoms with E-state index < -0.39 is 31.3 Å². The lowest BCUT2D eigenvalue weighted by Gasteiger charge is -2.11. The van der Waals surface area contributed by atoms with Crippen LogP contribution in [-0.4, -0.2) is 46.6 Å². The highest BCUT2D eigenvalue weighted by molar-refractivity contribution is 4.85. The Kier molecular flexibility index (Phi) is 2.78. The van der Waals surface area contributed by atoms with Gasteiger partial charge in [-0.25, -0.2) is 0 Å². The van der Waals surface area contributed by atoms with Gasteiger partial charge in [0.2, 0.25) is 0 Å². The molecular weight excluding hydrogens is 155 g/mol. The molecule has 1 aliphatic rings. The highest BCUT2D eigenvalue weighted by Gasteiger charge is 2.41. The fourth-order valence-electron chi connectivity index (χ4n) is 1.08. The molecule has 0 spiro atoms. The zero-order chi connectivity index (χ0) is 8.43. The molecule has 11 heavy (non-hydrogen) atoms. The first-order valence-corrected chi connectivity index (χ1v) is 3.42. The van der Waals surface area contributed by atoms with E-state index in [1.807, 2.05) is 0 Å². The normalized spacial score (nSPS) is 44.7. The molecule has 0 amide bonds. The van der Waals surface area contributed by atoms with E-state index in [0.717, 1.165) is 0 Å². The number of rotatable bonds is 2. The van der Waals surface area contributed by atoms with Crippen molar-refractivity contribution in [3.63, 3.8) is 0 Å². The molecule has 1 rings (SSSR count). The van der Waals surface area contributed by atoms with E-state index >= 15 is 0 Å². The summed E-state index contributed by atoms with van der Waals surface area (Å²) in [5.74, 6) is 0. The van der Waals surface area contributed by atoms with Gasteiger partial charge in [-0.15, -0.1) is 0 Å². The van der Waals surface area contributed by atoms with E-state index in [4.69, 9.17) is 15.3 Å². The van der Waals surface area contributed by atoms with Crippen molar-refractivity contribution in [3.05, 3.63) is 0 Å². The van der Waals surface area contributed by atoms with E-state index in [1.165, 1.54) is 0 Å². The van der Waals surface area contributed by atoms with Crippen LogP contribution >= 0.6 is 0 Å². The van der Waals surface area contributed by atoms with E-state index in [-0.39, 0.29) is 6.42 Å². The average Bonchev–Trinajstić information content (AvgIpc) is 2.19. The van der Waals surface area contributed by atoms with Crippen molar-refractivity contribution in [1.82, 2.24) is 0 Å². The van der Waals surface area contributed by atoms with Crippen LogP contribution in [-0.2, 0) is 4.74 Å². The minimum absolute atomic E-state index is 0.00468. The van der Waals surface area contributed by atoms with Gasteiger partial charge in [-0.1, -0.05) is 0 Å². The zero-order valence-electron chi connectivity index (χ0n) is 5.85. The molecule has 1 saturated heterocycles. The van der Waals surface area contributed by atoms with E-state index in [1.54, 1.807) is 0 Å². The van der Waals surface area contributed by atoms with Gasteiger partial charge in [0.1, 0.15) is 12.2 Å². The van der Waals surface area contributed by atoms with Crippen molar-refractivity contribution in [2.24, 2.45) is 0 Å². The Morgan fingerprint density at radius 3 is 2.18 bits per heavy atom. The number of hydrogen-bond donors (Lipinski definition) is 3. The number of aliphatic hydroxyl groups is 3. The molecule has 4 nitrogen and oxygen atoms in total. The van der Waals surface area contributed by atoms with Crippen LogP contribution in [0.5, 0.6) is 0 Å². The van der Waals surface area contributed by atoms with Crippen molar-refractivity contribution in [1.29, 1.82) is 0 Å². The number of hydrogen-bond acceptors (Lipinski definition) is 4. The maximum Gasteiger partial charge on any atom is 0.183 e. The van der Waals surface area contributed by atoms with Crippen LogP contribution in [0.4, 0.5) is 4.39 Å². The average molecular weight is 166 g/mol. The van der Waals surface area contributed by atoms with Gasteiger partial charge in [0.05, 0.1) is 12.8 Å². The van der Waals surface area contributed by atoms with Gasteiger partial charge in [-0.2, -0.15) is 0 Å². The standard InChI is InChI=1S/C6H11FO4/c7-2-1-3-4(8)5(9)6(10)11-3/h3-6,8-10H,1-2H2/t3-,4+,5-,6?/m1/s1. The number of halogens is 1. The van der Waals surface area contributed by atoms with Crippen molar-refractivity contribution in [3.8, 4) is 0 Å². The van der Waals surface area contributed by atoms with Gasteiger partial charge in [-0.05, 0) is 0 Å². The van der Waals surface area contributed by atoms with Gasteiger partial charge >= 0.3 is 0 Å². The van der Waals surface area contributed by atoms with Gasteiger partial charge in [0.15, 0.2) is 6.29 Å². The van der Waals surface area contributed by atoms with Gasteiger partial charge in [0, 0.05) is 6.42 Å². The van der Waals surface area contributed by atoms with Crippen LogP contribution in [0.15, 0.2) is 0 Å². The zero-order valence-corrected chi connectivity index (χ0v) is 5.85. The molecule has 1 fully saturated rings. The molecule has 1 heterocycles. The van der Waals surface area contributed by atoms with Gasteiger partial charge in [-0.3, -0.25) is 4.39 Å². The number of alkyl halides is 1. The monoisotopic (exact) mass is 166 g/mol. The molecule has 0 aliphatic carbocycles. The molecule has 0 radical (unpaired) electrons. The second-order valence-electron chi connectivity index (χ2n) is 2.52. The van der Waals surface area contributed by atoms with Crippen LogP contribution in [0.25, 0.3) is 0 Å². The second-order valence-corrected chi connectivity index (χ2v) is 2.52. The molecule has 0 saturated carbocycles. The highest BCUT2D eigenvalue weighted by atomic mass is 19.1. The molecule has 0 aromatic rings. The smallest absolute Gasteiger partial charge is 0.183 e. The Balaban J connectivity index is 2.45. The summed E-state index contributed by atoms with van der Waals surface area (Å²) in [4.78, 5) is 0. The van der Waals surface area contributed by atoms with Gasteiger partial charge in [0.25, 0.3) is 0 Å². The van der Waals surface area contributed by atoms with Crippen molar-refractivity contribution >= 4 is 0 Å². The van der Waals surface area contributed by atoms with Crippen LogP contribution in [0.3, 0.4) is 0 Å². The molecule has 5 heteroatoms. The molecule has 66 valence electrons. The third kappa shape index (κ3) is 1.67. The minimum atomic E-state index is -1.39. The molecule has 4 atom stereocenters. The quantitative estimate of drug-likeness (QED) is 0.481. The lowest BCUT2D eigenvalue weighted by Crippen LogP contribution is -2.32. The third-order valence-electron chi connectivity index (χ3n) is 1.73. The molecule has 0 aromatic carbocycles. The molecule has 1 aliphatic heterocycles. The Bertz CT molecular complexity index is 132. The Labute approximate surface area is 63.2 Å². The first-order valence-electron chi connectivity index (χ1n) is 3.42. The first kappa shape index (κ1) is 8.86. The summed E-state index contributed by atoms with van der Waals surface area (Å²) in [7, 11) is 0. The minimum Gasteiger partial charge on any atom is -0.387 e. The molecule has 3 N–H and O–H groups in total. The molecule has 1 unspecified atom stereocenters. The number of ether oxygens (including phenoxy) is 1. The fraction of sp³-hybridized carbons (Fsp3) is 1.00. The molecule has 0 aromatic heterocycles. The molecule has 0 bridgehead atoms. The summed E-state index contributed by atoms with van der Waals surface area (Å²) in [5.41, 5.74) is 0. The summed E-state index contributed by atoms with van der Waals surface area (Å²) in [6, 6.07) is 0. The predicted molar refractivity (Wildman–Crippen MR) is 33.5 cm³/mol. The Hall–Kier alpha value is -0.230. The summed E-state index contributed by atoms with van der Waals surface area (Å²) in [5, 5.41) is 26.8. The topological polar surface area (TPSA) is 69.9 Å². The predicted octanol–water partition coefficient (Wildman–Crippen LogP) is -1.22. The van der Waals surface area contributed by atoms with Crippen molar-refractivity contribution in [2.45, 2.75) is 31.0 Å². The maximum absolute atomic E-state index is 11.7. The van der Waals surface area contributed by atoms with Crippen molar-refractivity contribution < 1.29 is 24.4 Å². The lowest BCUT2D eigenvalue weighted by molar-refractivity contribution is -0.128. The summed E-state index contributed by atoms with van der Waals surface area (Å²) in [6.45, 7) is -0.638. The van der Waals surface area contributed by atoms with E-state index in [2.05, 4.69) is 4.74 Å². The first-order chi connectivity index (χ1) is 5.16. The highest BCUT2D eigenvalue weighted by Crippen LogP contribution is 2.21. The van der Waals surface area contributed by atoms with Crippen LogP contribution < -0.4 is 0 Å². The van der Waals surface area contributed by atoms with Crippen LogP contribution in [0, 0.1) is 0 Å². The summed E-state index contributed by atoms with van der Waals surface area (Å²) >= 11 is 0. The summed E-state index contributed by atoms with van der Waals surface area (Å²) in [6.07, 6.45) is -4.67. The third-order valence-corrected chi connectivity index (χ3v) is 1.73. The Morgan fingerprint density at radius 1 is 1.18 bits per heavy atom. The summed E-state index contributed by atoms with van der Waals surface area (Å²) < 4.78 is 16.4. The van der Waals surface area contributed by atoms with Gasteiger partial charge < -0.3 is 20.1 Å². The second kappa shape index (κ2) is 3.44. The van der Waals surface area contributed by atoms with Crippen molar-refractivity contribution in [2.75, 3.05) is 6.67 Å².